The molecule has 126 valence electrons. The minimum absolute atomic E-state index is 0.300. The van der Waals surface area contributed by atoms with Crippen LogP contribution in [0.5, 0.6) is 5.75 Å². The van der Waals surface area contributed by atoms with Gasteiger partial charge in [-0.1, -0.05) is 6.07 Å². The first-order chi connectivity index (χ1) is 11.8. The molecule has 0 amide bonds. The van der Waals surface area contributed by atoms with Crippen molar-refractivity contribution in [2.45, 2.75) is 32.3 Å². The molecule has 0 radical (unpaired) electrons. The number of H-pyrrole nitrogens is 1. The van der Waals surface area contributed by atoms with Gasteiger partial charge in [-0.15, -0.1) is 0 Å². The number of aryl methyl sites for hydroxylation is 1. The van der Waals surface area contributed by atoms with Gasteiger partial charge in [-0.2, -0.15) is 0 Å². The van der Waals surface area contributed by atoms with Gasteiger partial charge in [0.25, 0.3) is 0 Å². The van der Waals surface area contributed by atoms with Gasteiger partial charge < -0.3 is 19.0 Å². The van der Waals surface area contributed by atoms with Crippen LogP contribution in [-0.2, 0) is 6.42 Å². The summed E-state index contributed by atoms with van der Waals surface area (Å²) in [5, 5.41) is 1.17. The number of hydrogen-bond acceptors (Lipinski definition) is 4. The van der Waals surface area contributed by atoms with Gasteiger partial charge in [-0.3, -0.25) is 0 Å². The molecule has 0 saturated carbocycles. The fourth-order valence-electron chi connectivity index (χ4n) is 3.38. The van der Waals surface area contributed by atoms with Crippen LogP contribution in [0.25, 0.3) is 10.9 Å². The Bertz CT molecular complexity index is 800. The quantitative estimate of drug-likeness (QED) is 0.779. The van der Waals surface area contributed by atoms with Crippen LogP contribution in [0, 0.1) is 6.92 Å². The zero-order chi connectivity index (χ0) is 16.4. The van der Waals surface area contributed by atoms with Gasteiger partial charge in [0.15, 0.2) is 5.89 Å². The van der Waals surface area contributed by atoms with Crippen LogP contribution in [-0.4, -0.2) is 40.6 Å². The molecule has 3 aromatic rings. The maximum absolute atomic E-state index is 6.27. The summed E-state index contributed by atoms with van der Waals surface area (Å²) in [4.78, 5) is 9.87. The molecular weight excluding hydrogens is 302 g/mol. The average molecular weight is 325 g/mol. The summed E-state index contributed by atoms with van der Waals surface area (Å²) in [6.07, 6.45) is 7.16. The third-order valence-corrected chi connectivity index (χ3v) is 4.73. The molecule has 1 saturated heterocycles. The number of hydrogen-bond donors (Lipinski definition) is 1. The first kappa shape index (κ1) is 15.3. The van der Waals surface area contributed by atoms with E-state index < -0.39 is 0 Å². The lowest BCUT2D eigenvalue weighted by atomic mass is 10.1. The van der Waals surface area contributed by atoms with Crippen LogP contribution in [0.3, 0.4) is 0 Å². The van der Waals surface area contributed by atoms with Gasteiger partial charge in [0.2, 0.25) is 0 Å². The van der Waals surface area contributed by atoms with Gasteiger partial charge >= 0.3 is 0 Å². The third kappa shape index (κ3) is 3.31. The lowest BCUT2D eigenvalue weighted by Gasteiger charge is -2.32. The molecular formula is C19H23N3O2. The van der Waals surface area contributed by atoms with Crippen molar-refractivity contribution in [2.75, 3.05) is 19.6 Å². The van der Waals surface area contributed by atoms with E-state index in [4.69, 9.17) is 9.15 Å². The molecule has 24 heavy (non-hydrogen) atoms. The number of fused-ring (bicyclic) bond motifs is 1. The van der Waals surface area contributed by atoms with Crippen molar-refractivity contribution >= 4 is 10.9 Å². The zero-order valence-electron chi connectivity index (χ0n) is 14.0. The molecule has 4 rings (SSSR count). The summed E-state index contributed by atoms with van der Waals surface area (Å²) in [5.74, 6) is 2.71. The molecule has 3 heterocycles. The first-order valence-corrected chi connectivity index (χ1v) is 8.64. The molecule has 5 heteroatoms. The molecule has 1 aliphatic heterocycles. The van der Waals surface area contributed by atoms with Crippen LogP contribution in [0.1, 0.15) is 24.5 Å². The molecule has 1 N–H and O–H groups in total. The fourth-order valence-corrected chi connectivity index (χ4v) is 3.38. The normalized spacial score (nSPS) is 16.7. The summed E-state index contributed by atoms with van der Waals surface area (Å²) < 4.78 is 11.8. The highest BCUT2D eigenvalue weighted by Gasteiger charge is 2.21. The van der Waals surface area contributed by atoms with E-state index in [9.17, 15) is 0 Å². The fraction of sp³-hybridized carbons (Fsp3) is 0.421. The van der Waals surface area contributed by atoms with E-state index in [1.165, 1.54) is 5.39 Å². The number of nitrogens with one attached hydrogen (secondary N) is 1. The summed E-state index contributed by atoms with van der Waals surface area (Å²) in [6, 6.07) is 8.27. The highest BCUT2D eigenvalue weighted by atomic mass is 16.5. The molecule has 0 unspecified atom stereocenters. The Morgan fingerprint density at radius 3 is 2.96 bits per heavy atom. The molecule has 2 aromatic heterocycles. The topological polar surface area (TPSA) is 54.3 Å². The largest absolute Gasteiger partial charge is 0.490 e. The number of oxazole rings is 1. The number of nitrogens with zero attached hydrogens (tertiary/aromatic N) is 2. The summed E-state index contributed by atoms with van der Waals surface area (Å²) >= 11 is 0. The maximum Gasteiger partial charge on any atom is 0.191 e. The number of benzene rings is 1. The summed E-state index contributed by atoms with van der Waals surface area (Å²) in [5.41, 5.74) is 1.13. The van der Waals surface area contributed by atoms with Crippen LogP contribution in [0.2, 0.25) is 0 Å². The molecule has 1 aromatic carbocycles. The van der Waals surface area contributed by atoms with Crippen LogP contribution in [0.15, 0.2) is 41.1 Å². The van der Waals surface area contributed by atoms with E-state index in [1.54, 1.807) is 0 Å². The third-order valence-electron chi connectivity index (χ3n) is 4.73. The first-order valence-electron chi connectivity index (χ1n) is 8.64. The zero-order valence-corrected chi connectivity index (χ0v) is 14.0. The smallest absolute Gasteiger partial charge is 0.191 e. The molecule has 5 nitrogen and oxygen atoms in total. The van der Waals surface area contributed by atoms with E-state index >= 15 is 0 Å². The second-order valence-corrected chi connectivity index (χ2v) is 6.45. The van der Waals surface area contributed by atoms with Crippen molar-refractivity contribution in [3.63, 3.8) is 0 Å². The number of aromatic nitrogens is 2. The molecule has 0 spiro atoms. The Morgan fingerprint density at radius 1 is 1.29 bits per heavy atom. The summed E-state index contributed by atoms with van der Waals surface area (Å²) in [7, 11) is 0. The lowest BCUT2D eigenvalue weighted by molar-refractivity contribution is 0.102. The second-order valence-electron chi connectivity index (χ2n) is 6.45. The Labute approximate surface area is 141 Å². The minimum Gasteiger partial charge on any atom is -0.490 e. The van der Waals surface area contributed by atoms with Crippen molar-refractivity contribution in [2.24, 2.45) is 0 Å². The summed E-state index contributed by atoms with van der Waals surface area (Å²) in [6.45, 7) is 5.05. The Hall–Kier alpha value is -2.27. The minimum atomic E-state index is 0.300. The predicted molar refractivity (Wildman–Crippen MR) is 93.3 cm³/mol. The maximum atomic E-state index is 6.27. The van der Waals surface area contributed by atoms with E-state index in [0.29, 0.717) is 6.10 Å². The van der Waals surface area contributed by atoms with Crippen molar-refractivity contribution < 1.29 is 9.15 Å². The Morgan fingerprint density at radius 2 is 2.17 bits per heavy atom. The van der Waals surface area contributed by atoms with E-state index in [2.05, 4.69) is 33.1 Å². The SMILES string of the molecule is Cc1ncc(CCN2CCC(Oc3cccc4[nH]ccc34)CC2)o1. The van der Waals surface area contributed by atoms with Gasteiger partial charge in [0.1, 0.15) is 17.6 Å². The Balaban J connectivity index is 1.29. The molecule has 1 aliphatic rings. The van der Waals surface area contributed by atoms with Gasteiger partial charge in [0, 0.05) is 50.1 Å². The van der Waals surface area contributed by atoms with Crippen LogP contribution < -0.4 is 4.74 Å². The molecule has 0 bridgehead atoms. The standard InChI is InChI=1S/C19H23N3O2/c1-14-21-13-16(23-14)8-12-22-10-6-15(7-11-22)24-19-4-2-3-18-17(19)5-9-20-18/h2-5,9,13,15,20H,6-8,10-12H2,1H3. The van der Waals surface area contributed by atoms with Crippen molar-refractivity contribution in [1.29, 1.82) is 0 Å². The molecule has 0 atom stereocenters. The number of ether oxygens (including phenoxy) is 1. The number of rotatable bonds is 5. The number of likely N-dealkylation sites (tertiary alicyclic amines) is 1. The van der Waals surface area contributed by atoms with E-state index in [1.807, 2.05) is 25.4 Å². The van der Waals surface area contributed by atoms with Gasteiger partial charge in [-0.25, -0.2) is 4.98 Å². The van der Waals surface area contributed by atoms with Crippen LogP contribution in [0.4, 0.5) is 0 Å². The highest BCUT2D eigenvalue weighted by Crippen LogP contribution is 2.27. The highest BCUT2D eigenvalue weighted by molar-refractivity contribution is 5.85. The number of aromatic amines is 1. The lowest BCUT2D eigenvalue weighted by Crippen LogP contribution is -2.39. The van der Waals surface area contributed by atoms with Gasteiger partial charge in [-0.05, 0) is 31.0 Å². The number of piperidine rings is 1. The van der Waals surface area contributed by atoms with Crippen molar-refractivity contribution in [3.05, 3.63) is 48.3 Å². The van der Waals surface area contributed by atoms with Gasteiger partial charge in [0.05, 0.1) is 6.20 Å². The Kier molecular flexibility index (Phi) is 4.26. The average Bonchev–Trinajstić information content (AvgIpc) is 3.23. The monoisotopic (exact) mass is 325 g/mol. The second kappa shape index (κ2) is 6.69. The van der Waals surface area contributed by atoms with Crippen molar-refractivity contribution in [1.82, 2.24) is 14.9 Å². The van der Waals surface area contributed by atoms with E-state index in [-0.39, 0.29) is 0 Å². The van der Waals surface area contributed by atoms with Crippen LogP contribution >= 0.6 is 0 Å². The molecule has 0 aliphatic carbocycles. The predicted octanol–water partition coefficient (Wildman–Crippen LogP) is 3.55. The van der Waals surface area contributed by atoms with Crippen molar-refractivity contribution in [3.8, 4) is 5.75 Å². The van der Waals surface area contributed by atoms with E-state index in [0.717, 1.165) is 61.8 Å². The molecule has 1 fully saturated rings.